The highest BCUT2D eigenvalue weighted by Crippen LogP contribution is 2.27. The number of carbonyl (C=O) groups is 1. The summed E-state index contributed by atoms with van der Waals surface area (Å²) >= 11 is 6.00. The van der Waals surface area contributed by atoms with E-state index in [2.05, 4.69) is 15.3 Å². The second kappa shape index (κ2) is 11.4. The normalized spacial score (nSPS) is 17.2. The number of nitrogens with zero attached hydrogens (tertiary/aromatic N) is 3. The van der Waals surface area contributed by atoms with Gasteiger partial charge in [0.05, 0.1) is 25.1 Å². The first-order valence-electron chi connectivity index (χ1n) is 8.23. The Morgan fingerprint density at radius 2 is 2.07 bits per heavy atom. The molecule has 1 aliphatic heterocycles. The fourth-order valence-electron chi connectivity index (χ4n) is 2.94. The lowest BCUT2D eigenvalue weighted by Crippen LogP contribution is -2.45. The van der Waals surface area contributed by atoms with Crippen molar-refractivity contribution in [3.63, 3.8) is 0 Å². The smallest absolute Gasteiger partial charge is 0.224 e. The monoisotopic (exact) mass is 432 g/mol. The number of hydrogen-bond acceptors (Lipinski definition) is 5. The lowest BCUT2D eigenvalue weighted by Gasteiger charge is -2.30. The minimum absolute atomic E-state index is 0. The van der Waals surface area contributed by atoms with E-state index in [4.69, 9.17) is 16.3 Å². The lowest BCUT2D eigenvalue weighted by atomic mass is 10.0. The number of rotatable bonds is 5. The summed E-state index contributed by atoms with van der Waals surface area (Å²) in [5, 5.41) is 3.96. The predicted octanol–water partition coefficient (Wildman–Crippen LogP) is 2.90. The van der Waals surface area contributed by atoms with Crippen molar-refractivity contribution in [3.8, 4) is 0 Å². The van der Waals surface area contributed by atoms with Crippen LogP contribution >= 0.6 is 36.4 Å². The van der Waals surface area contributed by atoms with E-state index in [0.29, 0.717) is 30.4 Å². The van der Waals surface area contributed by atoms with Gasteiger partial charge in [-0.05, 0) is 17.7 Å². The van der Waals surface area contributed by atoms with Crippen LogP contribution in [0.4, 0.5) is 0 Å². The molecule has 2 heterocycles. The van der Waals surface area contributed by atoms with Crippen LogP contribution in [-0.4, -0.2) is 53.6 Å². The SMILES string of the molecule is CN(C(=O)CC1COCCN1)C(c1ccc(Cl)cc1)c1cnccn1.Cl.Cl. The highest BCUT2D eigenvalue weighted by molar-refractivity contribution is 6.30. The van der Waals surface area contributed by atoms with Crippen molar-refractivity contribution in [1.82, 2.24) is 20.2 Å². The third-order valence-corrected chi connectivity index (χ3v) is 4.50. The zero-order valence-corrected chi connectivity index (χ0v) is 17.3. The fraction of sp³-hybridized carbons (Fsp3) is 0.389. The van der Waals surface area contributed by atoms with E-state index in [9.17, 15) is 4.79 Å². The van der Waals surface area contributed by atoms with Gasteiger partial charge in [0.2, 0.25) is 5.91 Å². The van der Waals surface area contributed by atoms with Gasteiger partial charge in [-0.2, -0.15) is 0 Å². The summed E-state index contributed by atoms with van der Waals surface area (Å²) in [4.78, 5) is 23.1. The summed E-state index contributed by atoms with van der Waals surface area (Å²) in [6, 6.07) is 7.17. The summed E-state index contributed by atoms with van der Waals surface area (Å²) < 4.78 is 5.44. The van der Waals surface area contributed by atoms with Crippen LogP contribution in [0.1, 0.15) is 23.7 Å². The second-order valence-corrected chi connectivity index (χ2v) is 6.46. The number of ether oxygens (including phenoxy) is 1. The topological polar surface area (TPSA) is 67.3 Å². The number of aromatic nitrogens is 2. The Balaban J connectivity index is 0.00000182. The average Bonchev–Trinajstić information content (AvgIpc) is 2.65. The first-order valence-corrected chi connectivity index (χ1v) is 8.61. The van der Waals surface area contributed by atoms with Crippen LogP contribution in [0.5, 0.6) is 0 Å². The number of halogens is 3. The molecule has 148 valence electrons. The maximum Gasteiger partial charge on any atom is 0.224 e. The van der Waals surface area contributed by atoms with Crippen LogP contribution in [0.2, 0.25) is 5.02 Å². The zero-order chi connectivity index (χ0) is 17.6. The van der Waals surface area contributed by atoms with Crippen molar-refractivity contribution in [2.45, 2.75) is 18.5 Å². The Kier molecular flexibility index (Phi) is 9.98. The van der Waals surface area contributed by atoms with Crippen molar-refractivity contribution in [1.29, 1.82) is 0 Å². The molecule has 1 amide bonds. The van der Waals surface area contributed by atoms with E-state index in [1.165, 1.54) is 0 Å². The molecule has 2 atom stereocenters. The molecule has 9 heteroatoms. The number of amides is 1. The molecule has 1 aliphatic rings. The highest BCUT2D eigenvalue weighted by Gasteiger charge is 2.27. The van der Waals surface area contributed by atoms with E-state index < -0.39 is 0 Å². The Labute approximate surface area is 176 Å². The van der Waals surface area contributed by atoms with Gasteiger partial charge < -0.3 is 15.0 Å². The third-order valence-electron chi connectivity index (χ3n) is 4.25. The third kappa shape index (κ3) is 6.30. The first-order chi connectivity index (χ1) is 12.1. The molecule has 1 aromatic carbocycles. The molecule has 0 radical (unpaired) electrons. The molecule has 1 saturated heterocycles. The molecule has 0 spiro atoms. The van der Waals surface area contributed by atoms with Gasteiger partial charge in [-0.1, -0.05) is 23.7 Å². The zero-order valence-electron chi connectivity index (χ0n) is 14.9. The summed E-state index contributed by atoms with van der Waals surface area (Å²) in [6.07, 6.45) is 5.31. The van der Waals surface area contributed by atoms with Gasteiger partial charge in [0, 0.05) is 43.5 Å². The van der Waals surface area contributed by atoms with E-state index in [-0.39, 0.29) is 42.8 Å². The fourth-order valence-corrected chi connectivity index (χ4v) is 3.07. The van der Waals surface area contributed by atoms with Gasteiger partial charge in [-0.3, -0.25) is 14.8 Å². The summed E-state index contributed by atoms with van der Waals surface area (Å²) in [5.41, 5.74) is 1.65. The second-order valence-electron chi connectivity index (χ2n) is 6.02. The number of carbonyl (C=O) groups excluding carboxylic acids is 1. The maximum absolute atomic E-state index is 12.8. The molecule has 3 rings (SSSR count). The highest BCUT2D eigenvalue weighted by atomic mass is 35.5. The number of hydrogen-bond donors (Lipinski definition) is 1. The molecule has 2 unspecified atom stereocenters. The quantitative estimate of drug-likeness (QED) is 0.785. The molecular weight excluding hydrogens is 411 g/mol. The van der Waals surface area contributed by atoms with Crippen LogP contribution < -0.4 is 5.32 Å². The van der Waals surface area contributed by atoms with Crippen molar-refractivity contribution in [2.75, 3.05) is 26.8 Å². The summed E-state index contributed by atoms with van der Waals surface area (Å²) in [5.74, 6) is 0.0219. The maximum atomic E-state index is 12.8. The van der Waals surface area contributed by atoms with Crippen LogP contribution in [0.3, 0.4) is 0 Å². The Morgan fingerprint density at radius 1 is 1.33 bits per heavy atom. The van der Waals surface area contributed by atoms with E-state index in [0.717, 1.165) is 12.1 Å². The van der Waals surface area contributed by atoms with Crippen molar-refractivity contribution in [3.05, 3.63) is 59.1 Å². The van der Waals surface area contributed by atoms with Crippen LogP contribution in [0.25, 0.3) is 0 Å². The first kappa shape index (κ1) is 23.6. The summed E-state index contributed by atoms with van der Waals surface area (Å²) in [6.45, 7) is 2.01. The standard InChI is InChI=1S/C18H21ClN4O2.2ClH/c1-23(17(24)10-15-12-25-9-8-21-15)18(16-11-20-6-7-22-16)13-2-4-14(19)5-3-13;;/h2-7,11,15,18,21H,8-10,12H2,1H3;2*1H. The average molecular weight is 434 g/mol. The largest absolute Gasteiger partial charge is 0.378 e. The molecule has 27 heavy (non-hydrogen) atoms. The van der Waals surface area contributed by atoms with Crippen LogP contribution in [0.15, 0.2) is 42.9 Å². The van der Waals surface area contributed by atoms with Gasteiger partial charge in [0.1, 0.15) is 6.04 Å². The Morgan fingerprint density at radius 3 is 2.67 bits per heavy atom. The molecule has 6 nitrogen and oxygen atoms in total. The molecule has 1 aromatic heterocycles. The predicted molar refractivity (Wildman–Crippen MR) is 110 cm³/mol. The summed E-state index contributed by atoms with van der Waals surface area (Å²) in [7, 11) is 1.79. The van der Waals surface area contributed by atoms with Crippen molar-refractivity contribution in [2.24, 2.45) is 0 Å². The van der Waals surface area contributed by atoms with Crippen molar-refractivity contribution >= 4 is 42.3 Å². The van der Waals surface area contributed by atoms with Gasteiger partial charge in [0.15, 0.2) is 0 Å². The number of nitrogens with one attached hydrogen (secondary N) is 1. The minimum Gasteiger partial charge on any atom is -0.378 e. The minimum atomic E-state index is -0.317. The van der Waals surface area contributed by atoms with E-state index >= 15 is 0 Å². The van der Waals surface area contributed by atoms with Crippen LogP contribution in [0, 0.1) is 0 Å². The molecule has 1 fully saturated rings. The van der Waals surface area contributed by atoms with Gasteiger partial charge >= 0.3 is 0 Å². The van der Waals surface area contributed by atoms with Gasteiger partial charge in [0.25, 0.3) is 0 Å². The Bertz CT molecular complexity index is 698. The molecule has 1 N–H and O–H groups in total. The van der Waals surface area contributed by atoms with Gasteiger partial charge in [-0.15, -0.1) is 24.8 Å². The molecule has 0 bridgehead atoms. The van der Waals surface area contributed by atoms with E-state index in [1.807, 2.05) is 24.3 Å². The molecule has 0 saturated carbocycles. The van der Waals surface area contributed by atoms with Crippen molar-refractivity contribution < 1.29 is 9.53 Å². The number of morpholine rings is 1. The lowest BCUT2D eigenvalue weighted by molar-refractivity contribution is -0.132. The molecular formula is C18H23Cl3N4O2. The number of benzene rings is 1. The Hall–Kier alpha value is -1.44. The molecule has 0 aliphatic carbocycles. The van der Waals surface area contributed by atoms with Crippen LogP contribution in [-0.2, 0) is 9.53 Å². The van der Waals surface area contributed by atoms with Gasteiger partial charge in [-0.25, -0.2) is 0 Å². The molecule has 2 aromatic rings. The van der Waals surface area contributed by atoms with E-state index in [1.54, 1.807) is 30.5 Å².